The Kier molecular flexibility index (Phi) is 1.95. The van der Waals surface area contributed by atoms with E-state index in [2.05, 4.69) is 0 Å². The molecule has 0 amide bonds. The van der Waals surface area contributed by atoms with Gasteiger partial charge >= 0.3 is 0 Å². The van der Waals surface area contributed by atoms with Gasteiger partial charge in [0.25, 0.3) is 0 Å². The summed E-state index contributed by atoms with van der Waals surface area (Å²) in [6, 6.07) is 0. The van der Waals surface area contributed by atoms with Crippen LogP contribution >= 0.6 is 0 Å². The van der Waals surface area contributed by atoms with Gasteiger partial charge in [-0.05, 0) is 14.1 Å². The summed E-state index contributed by atoms with van der Waals surface area (Å²) < 4.78 is 10.2. The highest BCUT2D eigenvalue weighted by Crippen LogP contribution is 2.02. The number of nitrogens with zero attached hydrogens (tertiary/aromatic N) is 1. The quantitative estimate of drug-likeness (QED) is 0.511. The van der Waals surface area contributed by atoms with Crippen molar-refractivity contribution in [1.82, 2.24) is 4.90 Å². The predicted octanol–water partition coefficient (Wildman–Crippen LogP) is 0.392. The second-order valence-electron chi connectivity index (χ2n) is 2.16. The van der Waals surface area contributed by atoms with E-state index in [1.54, 1.807) is 12.5 Å². The van der Waals surface area contributed by atoms with Gasteiger partial charge in [0.2, 0.25) is 0 Å². The summed E-state index contributed by atoms with van der Waals surface area (Å²) in [7, 11) is 3.90. The Balaban J connectivity index is 2.35. The van der Waals surface area contributed by atoms with E-state index in [1.165, 1.54) is 0 Å². The third-order valence-electron chi connectivity index (χ3n) is 1.20. The Morgan fingerprint density at radius 1 is 1.44 bits per heavy atom. The van der Waals surface area contributed by atoms with E-state index < -0.39 is 0 Å². The Morgan fingerprint density at radius 2 is 2.22 bits per heavy atom. The minimum atomic E-state index is 0.0787. The second kappa shape index (κ2) is 2.73. The predicted molar refractivity (Wildman–Crippen MR) is 33.7 cm³/mol. The normalized spacial score (nSPS) is 25.4. The summed E-state index contributed by atoms with van der Waals surface area (Å²) in [6.45, 7) is 0.615. The molecule has 0 aromatic heterocycles. The highest BCUT2D eigenvalue weighted by Gasteiger charge is 2.12. The largest absolute Gasteiger partial charge is 0.493 e. The maximum Gasteiger partial charge on any atom is 0.185 e. The Bertz CT molecular complexity index is 112. The second-order valence-corrected chi connectivity index (χ2v) is 2.16. The molecule has 0 spiro atoms. The Hall–Kier alpha value is -0.700. The summed E-state index contributed by atoms with van der Waals surface area (Å²) in [6.07, 6.45) is 3.20. The molecule has 3 nitrogen and oxygen atoms in total. The van der Waals surface area contributed by atoms with Crippen LogP contribution in [0.3, 0.4) is 0 Å². The molecule has 0 aliphatic carbocycles. The molecular formula is C6H11NO2. The van der Waals surface area contributed by atoms with E-state index in [0.717, 1.165) is 0 Å². The molecule has 0 radical (unpaired) electrons. The van der Waals surface area contributed by atoms with Gasteiger partial charge in [-0.2, -0.15) is 0 Å². The van der Waals surface area contributed by atoms with Crippen molar-refractivity contribution in [2.75, 3.05) is 20.7 Å². The van der Waals surface area contributed by atoms with Crippen molar-refractivity contribution < 1.29 is 9.47 Å². The number of hydrogen-bond acceptors (Lipinski definition) is 3. The van der Waals surface area contributed by atoms with E-state index in [0.29, 0.717) is 6.61 Å². The molecule has 0 bridgehead atoms. The van der Waals surface area contributed by atoms with Crippen LogP contribution < -0.4 is 0 Å². The standard InChI is InChI=1S/C6H11NO2/c1-7(2)6-5-8-3-4-9-6/h3-4,6H,5H2,1-2H3. The van der Waals surface area contributed by atoms with Crippen LogP contribution in [-0.4, -0.2) is 31.8 Å². The van der Waals surface area contributed by atoms with Gasteiger partial charge in [0.05, 0.1) is 0 Å². The highest BCUT2D eigenvalue weighted by molar-refractivity contribution is 4.70. The number of rotatable bonds is 1. The van der Waals surface area contributed by atoms with Gasteiger partial charge in [0.15, 0.2) is 6.23 Å². The van der Waals surface area contributed by atoms with Crippen molar-refractivity contribution in [3.63, 3.8) is 0 Å². The first-order valence-electron chi connectivity index (χ1n) is 2.89. The molecule has 0 fully saturated rings. The average Bonchev–Trinajstić information content (AvgIpc) is 1.90. The topological polar surface area (TPSA) is 21.7 Å². The number of likely N-dealkylation sites (N-methyl/N-ethyl adjacent to an activating group) is 1. The lowest BCUT2D eigenvalue weighted by molar-refractivity contribution is -0.0468. The van der Waals surface area contributed by atoms with Crippen molar-refractivity contribution in [2.24, 2.45) is 0 Å². The fraction of sp³-hybridized carbons (Fsp3) is 0.667. The third kappa shape index (κ3) is 1.61. The fourth-order valence-electron chi connectivity index (χ4n) is 0.610. The maximum absolute atomic E-state index is 5.16. The molecule has 0 N–H and O–H groups in total. The zero-order valence-electron chi connectivity index (χ0n) is 5.70. The molecular weight excluding hydrogens is 118 g/mol. The van der Waals surface area contributed by atoms with Gasteiger partial charge in [-0.3, -0.25) is 4.90 Å². The van der Waals surface area contributed by atoms with Gasteiger partial charge in [0.1, 0.15) is 19.1 Å². The van der Waals surface area contributed by atoms with Crippen LogP contribution in [0.4, 0.5) is 0 Å². The Morgan fingerprint density at radius 3 is 2.56 bits per heavy atom. The molecule has 1 aliphatic heterocycles. The van der Waals surface area contributed by atoms with Crippen molar-refractivity contribution >= 4 is 0 Å². The van der Waals surface area contributed by atoms with E-state index >= 15 is 0 Å². The first-order valence-corrected chi connectivity index (χ1v) is 2.89. The van der Waals surface area contributed by atoms with Gasteiger partial charge < -0.3 is 9.47 Å². The summed E-state index contributed by atoms with van der Waals surface area (Å²) in [5.74, 6) is 0. The van der Waals surface area contributed by atoms with Gasteiger partial charge in [-0.1, -0.05) is 0 Å². The minimum Gasteiger partial charge on any atom is -0.493 e. The van der Waals surface area contributed by atoms with Crippen molar-refractivity contribution in [3.8, 4) is 0 Å². The molecule has 3 heteroatoms. The van der Waals surface area contributed by atoms with Crippen LogP contribution in [0.1, 0.15) is 0 Å². The molecule has 1 aliphatic rings. The monoisotopic (exact) mass is 129 g/mol. The summed E-state index contributed by atoms with van der Waals surface area (Å²) in [4.78, 5) is 1.96. The smallest absolute Gasteiger partial charge is 0.185 e. The maximum atomic E-state index is 5.16. The van der Waals surface area contributed by atoms with Crippen LogP contribution in [-0.2, 0) is 9.47 Å². The molecule has 0 aromatic carbocycles. The molecule has 9 heavy (non-hydrogen) atoms. The van der Waals surface area contributed by atoms with Crippen LogP contribution in [0.25, 0.3) is 0 Å². The number of hydrogen-bond donors (Lipinski definition) is 0. The first kappa shape index (κ1) is 6.42. The molecule has 1 atom stereocenters. The summed E-state index contributed by atoms with van der Waals surface area (Å²) in [5.41, 5.74) is 0. The first-order chi connectivity index (χ1) is 4.30. The van der Waals surface area contributed by atoms with E-state index in [-0.39, 0.29) is 6.23 Å². The SMILES string of the molecule is CN(C)C1COC=CO1. The zero-order chi connectivity index (χ0) is 6.69. The molecule has 0 aromatic rings. The minimum absolute atomic E-state index is 0.0787. The summed E-state index contributed by atoms with van der Waals surface area (Å²) >= 11 is 0. The van der Waals surface area contributed by atoms with Crippen molar-refractivity contribution in [3.05, 3.63) is 12.5 Å². The molecule has 1 heterocycles. The lowest BCUT2D eigenvalue weighted by Crippen LogP contribution is -2.34. The van der Waals surface area contributed by atoms with Crippen LogP contribution in [0.15, 0.2) is 12.5 Å². The average molecular weight is 129 g/mol. The third-order valence-corrected chi connectivity index (χ3v) is 1.20. The lowest BCUT2D eigenvalue weighted by atomic mass is 10.5. The van der Waals surface area contributed by atoms with Crippen LogP contribution in [0, 0.1) is 0 Å². The van der Waals surface area contributed by atoms with Crippen molar-refractivity contribution in [1.29, 1.82) is 0 Å². The van der Waals surface area contributed by atoms with Gasteiger partial charge in [-0.25, -0.2) is 0 Å². The van der Waals surface area contributed by atoms with E-state index in [1.807, 2.05) is 19.0 Å². The lowest BCUT2D eigenvalue weighted by Gasteiger charge is -2.25. The zero-order valence-corrected chi connectivity index (χ0v) is 5.70. The molecule has 52 valence electrons. The van der Waals surface area contributed by atoms with Crippen LogP contribution in [0.2, 0.25) is 0 Å². The fourth-order valence-corrected chi connectivity index (χ4v) is 0.610. The highest BCUT2D eigenvalue weighted by atomic mass is 16.6. The number of ether oxygens (including phenoxy) is 2. The van der Waals surface area contributed by atoms with Crippen LogP contribution in [0.5, 0.6) is 0 Å². The van der Waals surface area contributed by atoms with E-state index in [9.17, 15) is 0 Å². The van der Waals surface area contributed by atoms with Crippen molar-refractivity contribution in [2.45, 2.75) is 6.23 Å². The molecule has 0 saturated heterocycles. The molecule has 1 unspecified atom stereocenters. The molecule has 1 rings (SSSR count). The summed E-state index contributed by atoms with van der Waals surface area (Å²) in [5, 5.41) is 0. The van der Waals surface area contributed by atoms with E-state index in [4.69, 9.17) is 9.47 Å². The Labute approximate surface area is 54.9 Å². The van der Waals surface area contributed by atoms with Gasteiger partial charge in [-0.15, -0.1) is 0 Å². The molecule has 0 saturated carbocycles. The van der Waals surface area contributed by atoms with Gasteiger partial charge in [0, 0.05) is 0 Å².